The second-order valence-corrected chi connectivity index (χ2v) is 7.74. The first-order valence-electron chi connectivity index (χ1n) is 9.86. The third kappa shape index (κ3) is 4.06. The number of carboxylic acid groups (broad SMARTS) is 1. The zero-order valence-corrected chi connectivity index (χ0v) is 18.1. The number of carboxylic acids is 1. The lowest BCUT2D eigenvalue weighted by Crippen LogP contribution is -2.29. The Bertz CT molecular complexity index is 1280. The van der Waals surface area contributed by atoms with Crippen LogP contribution in [0.3, 0.4) is 0 Å². The number of ketones is 1. The molecule has 4 rings (SSSR count). The summed E-state index contributed by atoms with van der Waals surface area (Å²) in [6.45, 7) is 0. The van der Waals surface area contributed by atoms with Crippen molar-refractivity contribution >= 4 is 40.7 Å². The van der Waals surface area contributed by atoms with Gasteiger partial charge in [-0.2, -0.15) is 0 Å². The van der Waals surface area contributed by atoms with Crippen molar-refractivity contribution in [3.63, 3.8) is 0 Å². The van der Waals surface area contributed by atoms with Crippen molar-refractivity contribution in [3.8, 4) is 5.75 Å². The summed E-state index contributed by atoms with van der Waals surface area (Å²) in [5, 5.41) is 20.9. The van der Waals surface area contributed by atoms with Gasteiger partial charge in [0.05, 0.1) is 24.3 Å². The molecule has 1 aliphatic rings. The maximum absolute atomic E-state index is 13.1. The minimum absolute atomic E-state index is 0.0411. The number of rotatable bonds is 5. The second kappa shape index (κ2) is 8.80. The van der Waals surface area contributed by atoms with Crippen molar-refractivity contribution in [3.05, 3.63) is 100 Å². The van der Waals surface area contributed by atoms with Gasteiger partial charge in [-0.3, -0.25) is 14.5 Å². The summed E-state index contributed by atoms with van der Waals surface area (Å²) in [5.41, 5.74) is 0.906. The van der Waals surface area contributed by atoms with Crippen molar-refractivity contribution in [1.82, 2.24) is 0 Å². The van der Waals surface area contributed by atoms with Gasteiger partial charge in [0, 0.05) is 16.3 Å². The van der Waals surface area contributed by atoms with Crippen molar-refractivity contribution in [1.29, 1.82) is 0 Å². The van der Waals surface area contributed by atoms with Crippen LogP contribution in [-0.2, 0) is 9.59 Å². The maximum Gasteiger partial charge on any atom is 0.335 e. The van der Waals surface area contributed by atoms with E-state index in [2.05, 4.69) is 0 Å². The Balaban J connectivity index is 1.94. The number of hydrogen-bond donors (Lipinski definition) is 2. The van der Waals surface area contributed by atoms with Crippen molar-refractivity contribution in [2.45, 2.75) is 6.04 Å². The normalized spacial score (nSPS) is 17.3. The molecule has 1 saturated heterocycles. The summed E-state index contributed by atoms with van der Waals surface area (Å²) in [5.74, 6) is -2.72. The van der Waals surface area contributed by atoms with Gasteiger partial charge in [-0.25, -0.2) is 4.79 Å². The molecular weight excluding hydrogens is 446 g/mol. The molecule has 1 amide bonds. The van der Waals surface area contributed by atoms with Gasteiger partial charge in [-0.05, 0) is 60.2 Å². The van der Waals surface area contributed by atoms with Crippen LogP contribution >= 0.6 is 11.6 Å². The van der Waals surface area contributed by atoms with Crippen LogP contribution in [0.2, 0.25) is 5.02 Å². The van der Waals surface area contributed by atoms with Gasteiger partial charge in [0.1, 0.15) is 11.5 Å². The number of nitrogens with zero attached hydrogens (tertiary/aromatic N) is 1. The first kappa shape index (κ1) is 22.1. The molecule has 0 saturated carbocycles. The maximum atomic E-state index is 13.1. The van der Waals surface area contributed by atoms with Gasteiger partial charge in [0.25, 0.3) is 11.7 Å². The van der Waals surface area contributed by atoms with Gasteiger partial charge in [-0.15, -0.1) is 0 Å². The Kier molecular flexibility index (Phi) is 5.89. The number of amides is 1. The predicted octanol–water partition coefficient (Wildman–Crippen LogP) is 4.67. The molecule has 0 spiro atoms. The first-order valence-corrected chi connectivity index (χ1v) is 10.2. The number of carbonyl (C=O) groups is 3. The predicted molar refractivity (Wildman–Crippen MR) is 123 cm³/mol. The van der Waals surface area contributed by atoms with Crippen LogP contribution in [0.15, 0.2) is 78.4 Å². The average Bonchev–Trinajstić information content (AvgIpc) is 3.09. The molecule has 1 heterocycles. The van der Waals surface area contributed by atoms with E-state index in [1.807, 2.05) is 0 Å². The zero-order chi connectivity index (χ0) is 23.7. The number of hydrogen-bond acceptors (Lipinski definition) is 5. The number of benzene rings is 3. The average molecular weight is 464 g/mol. The Morgan fingerprint density at radius 3 is 2.21 bits per heavy atom. The molecule has 2 N–H and O–H groups in total. The van der Waals surface area contributed by atoms with Gasteiger partial charge in [-0.1, -0.05) is 29.8 Å². The fourth-order valence-electron chi connectivity index (χ4n) is 3.75. The number of anilines is 1. The van der Waals surface area contributed by atoms with Crippen LogP contribution in [0.1, 0.15) is 27.5 Å². The third-order valence-corrected chi connectivity index (χ3v) is 5.62. The summed E-state index contributed by atoms with van der Waals surface area (Å²) < 4.78 is 5.20. The molecular formula is C25H18ClNO6. The highest BCUT2D eigenvalue weighted by Crippen LogP contribution is 2.42. The number of Topliss-reactive ketones (excluding diaryl/α,β-unsaturated/α-hetero) is 1. The van der Waals surface area contributed by atoms with Crippen LogP contribution in [0.4, 0.5) is 5.69 Å². The minimum Gasteiger partial charge on any atom is -0.507 e. The Morgan fingerprint density at radius 1 is 0.939 bits per heavy atom. The lowest BCUT2D eigenvalue weighted by atomic mass is 9.95. The lowest BCUT2D eigenvalue weighted by molar-refractivity contribution is -0.132. The number of ether oxygens (including phenoxy) is 1. The number of carbonyl (C=O) groups excluding carboxylic acids is 2. The topological polar surface area (TPSA) is 104 Å². The summed E-state index contributed by atoms with van der Waals surface area (Å²) in [6, 6.07) is 17.6. The van der Waals surface area contributed by atoms with E-state index in [-0.39, 0.29) is 22.6 Å². The highest BCUT2D eigenvalue weighted by Gasteiger charge is 2.47. The molecule has 33 heavy (non-hydrogen) atoms. The molecule has 8 heteroatoms. The number of halogens is 1. The summed E-state index contributed by atoms with van der Waals surface area (Å²) in [6.07, 6.45) is 0. The van der Waals surface area contributed by atoms with Crippen LogP contribution in [0.25, 0.3) is 5.76 Å². The Morgan fingerprint density at radius 2 is 1.61 bits per heavy atom. The molecule has 166 valence electrons. The first-order chi connectivity index (χ1) is 15.8. The number of aliphatic hydroxyl groups is 1. The van der Waals surface area contributed by atoms with E-state index >= 15 is 0 Å². The van der Waals surface area contributed by atoms with Gasteiger partial charge >= 0.3 is 5.97 Å². The minimum atomic E-state index is -1.17. The van der Waals surface area contributed by atoms with Crippen molar-refractivity contribution in [2.24, 2.45) is 0 Å². The SMILES string of the molecule is COc1ccc([C@@H]2/C(=C(\O)c3ccc(Cl)cc3)C(=O)C(=O)N2c2cccc(C(=O)O)c2)cc1. The Hall–Kier alpha value is -4.10. The molecule has 0 bridgehead atoms. The number of aliphatic hydroxyl groups excluding tert-OH is 1. The fourth-order valence-corrected chi connectivity index (χ4v) is 3.88. The molecule has 1 fully saturated rings. The van der Waals surface area contributed by atoms with Crippen molar-refractivity contribution < 1.29 is 29.3 Å². The van der Waals surface area contributed by atoms with Gasteiger partial charge in [0.15, 0.2) is 0 Å². The molecule has 3 aromatic carbocycles. The monoisotopic (exact) mass is 463 g/mol. The molecule has 1 aliphatic heterocycles. The smallest absolute Gasteiger partial charge is 0.335 e. The van der Waals surface area contributed by atoms with Gasteiger partial charge in [0.2, 0.25) is 0 Å². The number of aromatic carboxylic acids is 1. The van der Waals surface area contributed by atoms with Crippen molar-refractivity contribution in [2.75, 3.05) is 12.0 Å². The summed E-state index contributed by atoms with van der Waals surface area (Å²) in [7, 11) is 1.51. The third-order valence-electron chi connectivity index (χ3n) is 5.36. The number of methoxy groups -OCH3 is 1. The molecule has 1 atom stereocenters. The summed E-state index contributed by atoms with van der Waals surface area (Å²) in [4.78, 5) is 38.9. The quantitative estimate of drug-likeness (QED) is 0.323. The highest BCUT2D eigenvalue weighted by atomic mass is 35.5. The zero-order valence-electron chi connectivity index (χ0n) is 17.4. The van der Waals surface area contributed by atoms with E-state index < -0.39 is 23.7 Å². The van der Waals surface area contributed by atoms with E-state index in [1.54, 1.807) is 48.5 Å². The van der Waals surface area contributed by atoms with Crippen LogP contribution in [0.5, 0.6) is 5.75 Å². The molecule has 0 aliphatic carbocycles. The van der Waals surface area contributed by atoms with E-state index in [0.717, 1.165) is 0 Å². The van der Waals surface area contributed by atoms with Gasteiger partial charge < -0.3 is 14.9 Å². The van der Waals surface area contributed by atoms with Crippen LogP contribution in [-0.4, -0.2) is 35.0 Å². The molecule has 0 radical (unpaired) electrons. The fraction of sp³-hybridized carbons (Fsp3) is 0.0800. The molecule has 0 aromatic heterocycles. The second-order valence-electron chi connectivity index (χ2n) is 7.30. The van der Waals surface area contributed by atoms with Crippen LogP contribution in [0, 0.1) is 0 Å². The van der Waals surface area contributed by atoms with Crippen LogP contribution < -0.4 is 9.64 Å². The molecule has 3 aromatic rings. The Labute approximate surface area is 194 Å². The summed E-state index contributed by atoms with van der Waals surface area (Å²) >= 11 is 5.94. The van der Waals surface area contributed by atoms with E-state index in [4.69, 9.17) is 16.3 Å². The highest BCUT2D eigenvalue weighted by molar-refractivity contribution is 6.51. The lowest BCUT2D eigenvalue weighted by Gasteiger charge is -2.25. The largest absolute Gasteiger partial charge is 0.507 e. The standard InChI is InChI=1S/C25H18ClNO6/c1-33-19-11-7-14(8-12-19)21-20(22(28)15-5-9-17(26)10-6-15)23(29)24(30)27(21)18-4-2-3-16(13-18)25(31)32/h2-13,21,28H,1H3,(H,31,32)/b22-20+/t21-/m1/s1. The van der Waals surface area contributed by atoms with E-state index in [9.17, 15) is 24.6 Å². The molecule has 0 unspecified atom stereocenters. The molecule has 7 nitrogen and oxygen atoms in total. The van der Waals surface area contributed by atoms with E-state index in [1.165, 1.54) is 36.3 Å². The van der Waals surface area contributed by atoms with E-state index in [0.29, 0.717) is 21.9 Å².